The van der Waals surface area contributed by atoms with Gasteiger partial charge in [0.1, 0.15) is 18.1 Å². The molecule has 1 aromatic carbocycles. The molecule has 0 aliphatic heterocycles. The standard InChI is InChI=1S/C16H14BrN3O2/c1-2-9-22-15-7-6-12(10-13(15)17)11-19-20-16(21)14-5-3-4-8-18-14/h2-8,10-11H,1,9H2,(H,20,21)/b19-11-. The highest BCUT2D eigenvalue weighted by Crippen LogP contribution is 2.25. The summed E-state index contributed by atoms with van der Waals surface area (Å²) >= 11 is 3.42. The van der Waals surface area contributed by atoms with E-state index < -0.39 is 0 Å². The van der Waals surface area contributed by atoms with Gasteiger partial charge >= 0.3 is 0 Å². The Morgan fingerprint density at radius 2 is 2.27 bits per heavy atom. The van der Waals surface area contributed by atoms with Gasteiger partial charge in [-0.15, -0.1) is 0 Å². The molecule has 2 aromatic rings. The number of benzene rings is 1. The van der Waals surface area contributed by atoms with Crippen molar-refractivity contribution in [3.05, 3.63) is 71.0 Å². The van der Waals surface area contributed by atoms with Crippen LogP contribution in [-0.2, 0) is 0 Å². The predicted octanol–water partition coefficient (Wildman–Crippen LogP) is 3.17. The lowest BCUT2D eigenvalue weighted by Crippen LogP contribution is -2.18. The monoisotopic (exact) mass is 359 g/mol. The van der Waals surface area contributed by atoms with Crippen molar-refractivity contribution < 1.29 is 9.53 Å². The predicted molar refractivity (Wildman–Crippen MR) is 89.1 cm³/mol. The lowest BCUT2D eigenvalue weighted by atomic mass is 10.2. The van der Waals surface area contributed by atoms with Gasteiger partial charge in [-0.1, -0.05) is 18.7 Å². The van der Waals surface area contributed by atoms with Gasteiger partial charge in [-0.2, -0.15) is 5.10 Å². The number of hydrogen-bond donors (Lipinski definition) is 1. The fraction of sp³-hybridized carbons (Fsp3) is 0.0625. The first-order valence-electron chi connectivity index (χ1n) is 6.48. The van der Waals surface area contributed by atoms with Gasteiger partial charge in [-0.05, 0) is 51.8 Å². The molecule has 5 nitrogen and oxygen atoms in total. The topological polar surface area (TPSA) is 63.6 Å². The number of halogens is 1. The van der Waals surface area contributed by atoms with Gasteiger partial charge in [0.2, 0.25) is 0 Å². The molecule has 112 valence electrons. The first-order chi connectivity index (χ1) is 10.7. The van der Waals surface area contributed by atoms with Crippen LogP contribution in [0, 0.1) is 0 Å². The Morgan fingerprint density at radius 3 is 2.95 bits per heavy atom. The summed E-state index contributed by atoms with van der Waals surface area (Å²) in [4.78, 5) is 15.7. The Balaban J connectivity index is 1.97. The minimum Gasteiger partial charge on any atom is -0.488 e. The normalized spacial score (nSPS) is 10.4. The highest BCUT2D eigenvalue weighted by molar-refractivity contribution is 9.10. The molecule has 6 heteroatoms. The average Bonchev–Trinajstić information content (AvgIpc) is 2.55. The van der Waals surface area contributed by atoms with E-state index in [1.165, 1.54) is 0 Å². The van der Waals surface area contributed by atoms with Gasteiger partial charge < -0.3 is 4.74 Å². The quantitative estimate of drug-likeness (QED) is 0.489. The average molecular weight is 360 g/mol. The van der Waals surface area contributed by atoms with Crippen LogP contribution in [-0.4, -0.2) is 23.7 Å². The first-order valence-corrected chi connectivity index (χ1v) is 7.27. The Bertz CT molecular complexity index is 687. The van der Waals surface area contributed by atoms with Crippen molar-refractivity contribution in [1.29, 1.82) is 0 Å². The Labute approximate surface area is 136 Å². The van der Waals surface area contributed by atoms with Crippen molar-refractivity contribution >= 4 is 28.1 Å². The molecule has 0 saturated carbocycles. The maximum Gasteiger partial charge on any atom is 0.289 e. The summed E-state index contributed by atoms with van der Waals surface area (Å²) in [5.41, 5.74) is 3.56. The molecular formula is C16H14BrN3O2. The Hall–Kier alpha value is -2.47. The smallest absolute Gasteiger partial charge is 0.289 e. The van der Waals surface area contributed by atoms with E-state index in [4.69, 9.17) is 4.74 Å². The molecule has 0 spiro atoms. The highest BCUT2D eigenvalue weighted by Gasteiger charge is 2.04. The van der Waals surface area contributed by atoms with Gasteiger partial charge in [0.05, 0.1) is 10.7 Å². The molecular weight excluding hydrogens is 346 g/mol. The molecule has 0 radical (unpaired) electrons. The number of hydrazone groups is 1. The fourth-order valence-corrected chi connectivity index (χ4v) is 2.09. The van der Waals surface area contributed by atoms with Crippen LogP contribution in [0.2, 0.25) is 0 Å². The number of hydrogen-bond acceptors (Lipinski definition) is 4. The third kappa shape index (κ3) is 4.53. The van der Waals surface area contributed by atoms with E-state index in [9.17, 15) is 4.79 Å². The van der Waals surface area contributed by atoms with Crippen LogP contribution in [0.3, 0.4) is 0 Å². The van der Waals surface area contributed by atoms with Crippen LogP contribution in [0.1, 0.15) is 16.1 Å². The second-order valence-electron chi connectivity index (χ2n) is 4.20. The SMILES string of the molecule is C=CCOc1ccc(/C=N\NC(=O)c2ccccn2)cc1Br. The number of carbonyl (C=O) groups is 1. The van der Waals surface area contributed by atoms with Crippen molar-refractivity contribution in [2.45, 2.75) is 0 Å². The summed E-state index contributed by atoms with van der Waals surface area (Å²) < 4.78 is 6.25. The Morgan fingerprint density at radius 1 is 1.41 bits per heavy atom. The van der Waals surface area contributed by atoms with Gasteiger partial charge in [-0.25, -0.2) is 5.43 Å². The zero-order chi connectivity index (χ0) is 15.8. The second-order valence-corrected chi connectivity index (χ2v) is 5.06. The number of nitrogens with one attached hydrogen (secondary N) is 1. The lowest BCUT2D eigenvalue weighted by molar-refractivity contribution is 0.0950. The number of aromatic nitrogens is 1. The van der Waals surface area contributed by atoms with E-state index in [0.717, 1.165) is 15.8 Å². The molecule has 0 aliphatic carbocycles. The number of nitrogens with zero attached hydrogens (tertiary/aromatic N) is 2. The van der Waals surface area contributed by atoms with Crippen LogP contribution in [0.5, 0.6) is 5.75 Å². The van der Waals surface area contributed by atoms with E-state index >= 15 is 0 Å². The number of carbonyl (C=O) groups excluding carboxylic acids is 1. The van der Waals surface area contributed by atoms with Crippen LogP contribution < -0.4 is 10.2 Å². The molecule has 1 N–H and O–H groups in total. The summed E-state index contributed by atoms with van der Waals surface area (Å²) in [5.74, 6) is 0.358. The number of pyridine rings is 1. The molecule has 0 aliphatic rings. The molecule has 0 unspecified atom stereocenters. The van der Waals surface area contributed by atoms with E-state index in [0.29, 0.717) is 12.3 Å². The van der Waals surface area contributed by atoms with Crippen molar-refractivity contribution in [3.63, 3.8) is 0 Å². The Kier molecular flexibility index (Phi) is 5.85. The minimum absolute atomic E-state index is 0.314. The number of ether oxygens (including phenoxy) is 1. The summed E-state index contributed by atoms with van der Waals surface area (Å²) in [5, 5.41) is 3.91. The number of rotatable bonds is 6. The van der Waals surface area contributed by atoms with Gasteiger partial charge in [0.25, 0.3) is 5.91 Å². The molecule has 22 heavy (non-hydrogen) atoms. The molecule has 0 fully saturated rings. The van der Waals surface area contributed by atoms with E-state index in [2.05, 4.69) is 38.0 Å². The zero-order valence-electron chi connectivity index (χ0n) is 11.7. The van der Waals surface area contributed by atoms with E-state index in [-0.39, 0.29) is 5.91 Å². The highest BCUT2D eigenvalue weighted by atomic mass is 79.9. The van der Waals surface area contributed by atoms with Gasteiger partial charge in [0.15, 0.2) is 0 Å². The molecule has 1 amide bonds. The van der Waals surface area contributed by atoms with E-state index in [1.54, 1.807) is 36.7 Å². The van der Waals surface area contributed by atoms with Gasteiger partial charge in [0, 0.05) is 6.20 Å². The number of amides is 1. The molecule has 0 bridgehead atoms. The zero-order valence-corrected chi connectivity index (χ0v) is 13.3. The van der Waals surface area contributed by atoms with E-state index in [1.807, 2.05) is 18.2 Å². The van der Waals surface area contributed by atoms with Crippen LogP contribution >= 0.6 is 15.9 Å². The van der Waals surface area contributed by atoms with Crippen molar-refractivity contribution in [3.8, 4) is 5.75 Å². The maximum absolute atomic E-state index is 11.7. The summed E-state index contributed by atoms with van der Waals surface area (Å²) in [6.07, 6.45) is 4.77. The maximum atomic E-state index is 11.7. The summed E-state index contributed by atoms with van der Waals surface area (Å²) in [6.45, 7) is 4.03. The van der Waals surface area contributed by atoms with Gasteiger partial charge in [-0.3, -0.25) is 9.78 Å². The molecule has 0 atom stereocenters. The third-order valence-electron chi connectivity index (χ3n) is 2.59. The minimum atomic E-state index is -0.359. The summed E-state index contributed by atoms with van der Waals surface area (Å²) in [7, 11) is 0. The summed E-state index contributed by atoms with van der Waals surface area (Å²) in [6, 6.07) is 10.6. The molecule has 1 heterocycles. The van der Waals surface area contributed by atoms with Crippen LogP contribution in [0.15, 0.2) is 64.8 Å². The van der Waals surface area contributed by atoms with Crippen molar-refractivity contribution in [2.75, 3.05) is 6.61 Å². The first kappa shape index (κ1) is 15.9. The third-order valence-corrected chi connectivity index (χ3v) is 3.21. The van der Waals surface area contributed by atoms with Crippen molar-refractivity contribution in [1.82, 2.24) is 10.4 Å². The van der Waals surface area contributed by atoms with Crippen LogP contribution in [0.25, 0.3) is 0 Å². The second kappa shape index (κ2) is 8.09. The lowest BCUT2D eigenvalue weighted by Gasteiger charge is -2.06. The molecule has 1 aromatic heterocycles. The largest absolute Gasteiger partial charge is 0.488 e. The van der Waals surface area contributed by atoms with Crippen molar-refractivity contribution in [2.24, 2.45) is 5.10 Å². The fourth-order valence-electron chi connectivity index (χ4n) is 1.58. The molecule has 0 saturated heterocycles. The molecule has 2 rings (SSSR count). The van der Waals surface area contributed by atoms with Crippen LogP contribution in [0.4, 0.5) is 0 Å².